The van der Waals surface area contributed by atoms with Gasteiger partial charge < -0.3 is 5.32 Å². The molecule has 2 nitrogen and oxygen atoms in total. The minimum Gasteiger partial charge on any atom is -0.312 e. The van der Waals surface area contributed by atoms with Crippen molar-refractivity contribution < 1.29 is 0 Å². The molecule has 2 heteroatoms. The molecule has 2 saturated carbocycles. The Labute approximate surface area is 132 Å². The average Bonchev–Trinajstić information content (AvgIpc) is 3.18. The van der Waals surface area contributed by atoms with E-state index in [0.717, 1.165) is 17.8 Å². The van der Waals surface area contributed by atoms with Gasteiger partial charge in [-0.15, -0.1) is 0 Å². The molecule has 1 saturated heterocycles. The van der Waals surface area contributed by atoms with Crippen LogP contribution in [0.15, 0.2) is 0 Å². The zero-order valence-corrected chi connectivity index (χ0v) is 14.5. The summed E-state index contributed by atoms with van der Waals surface area (Å²) in [5.41, 5.74) is 0.327. The van der Waals surface area contributed by atoms with Crippen LogP contribution in [-0.2, 0) is 0 Å². The largest absolute Gasteiger partial charge is 0.312 e. The van der Waals surface area contributed by atoms with Crippen molar-refractivity contribution in [2.45, 2.75) is 83.7 Å². The SMILES string of the molecule is CCCNC(CC1CC2CCC1C2)C(C)(C)N1CCCC1. The first-order valence-corrected chi connectivity index (χ1v) is 9.59. The lowest BCUT2D eigenvalue weighted by Gasteiger charge is -2.44. The van der Waals surface area contributed by atoms with Crippen LogP contribution >= 0.6 is 0 Å². The molecular formula is C19H36N2. The van der Waals surface area contributed by atoms with E-state index in [1.165, 1.54) is 64.6 Å². The van der Waals surface area contributed by atoms with Gasteiger partial charge in [0, 0.05) is 11.6 Å². The molecular weight excluding hydrogens is 256 g/mol. The molecule has 4 atom stereocenters. The van der Waals surface area contributed by atoms with Crippen molar-refractivity contribution >= 4 is 0 Å². The van der Waals surface area contributed by atoms with Crippen molar-refractivity contribution in [3.8, 4) is 0 Å². The van der Waals surface area contributed by atoms with E-state index in [0.29, 0.717) is 11.6 Å². The van der Waals surface area contributed by atoms with Gasteiger partial charge >= 0.3 is 0 Å². The Kier molecular flexibility index (Phi) is 4.95. The number of hydrogen-bond donors (Lipinski definition) is 1. The van der Waals surface area contributed by atoms with Crippen LogP contribution in [0.25, 0.3) is 0 Å². The lowest BCUT2D eigenvalue weighted by molar-refractivity contribution is 0.0871. The Morgan fingerprint density at radius 1 is 1.14 bits per heavy atom. The van der Waals surface area contributed by atoms with Crippen LogP contribution in [0, 0.1) is 17.8 Å². The van der Waals surface area contributed by atoms with E-state index < -0.39 is 0 Å². The molecule has 21 heavy (non-hydrogen) atoms. The molecule has 2 bridgehead atoms. The fraction of sp³-hybridized carbons (Fsp3) is 1.00. The summed E-state index contributed by atoms with van der Waals surface area (Å²) in [7, 11) is 0. The molecule has 1 aliphatic heterocycles. The van der Waals surface area contributed by atoms with Gasteiger partial charge in [0.2, 0.25) is 0 Å². The van der Waals surface area contributed by atoms with E-state index in [-0.39, 0.29) is 0 Å². The third-order valence-corrected chi connectivity index (χ3v) is 6.84. The van der Waals surface area contributed by atoms with Gasteiger partial charge in [-0.25, -0.2) is 0 Å². The molecule has 2 aliphatic carbocycles. The molecule has 0 spiro atoms. The zero-order chi connectivity index (χ0) is 14.9. The van der Waals surface area contributed by atoms with Gasteiger partial charge in [-0.1, -0.05) is 13.3 Å². The standard InChI is InChI=1S/C19H36N2/c1-4-9-20-18(19(2,3)21-10-5-6-11-21)14-17-13-15-7-8-16(17)12-15/h15-18,20H,4-14H2,1-3H3. The van der Waals surface area contributed by atoms with E-state index in [4.69, 9.17) is 0 Å². The van der Waals surface area contributed by atoms with Crippen LogP contribution in [0.2, 0.25) is 0 Å². The monoisotopic (exact) mass is 292 g/mol. The van der Waals surface area contributed by atoms with Crippen molar-refractivity contribution in [2.24, 2.45) is 17.8 Å². The summed E-state index contributed by atoms with van der Waals surface area (Å²) in [6, 6.07) is 0.680. The second kappa shape index (κ2) is 6.58. The van der Waals surface area contributed by atoms with Gasteiger partial charge in [-0.3, -0.25) is 4.90 Å². The predicted molar refractivity (Wildman–Crippen MR) is 90.5 cm³/mol. The molecule has 0 aromatic rings. The smallest absolute Gasteiger partial charge is 0.0306 e. The predicted octanol–water partition coefficient (Wildman–Crippen LogP) is 4.06. The van der Waals surface area contributed by atoms with Crippen molar-refractivity contribution in [3.63, 3.8) is 0 Å². The minimum atomic E-state index is 0.327. The summed E-state index contributed by atoms with van der Waals surface area (Å²) in [6.07, 6.45) is 11.6. The maximum Gasteiger partial charge on any atom is 0.0306 e. The Morgan fingerprint density at radius 2 is 1.90 bits per heavy atom. The number of fused-ring (bicyclic) bond motifs is 2. The van der Waals surface area contributed by atoms with E-state index in [1.54, 1.807) is 6.42 Å². The summed E-state index contributed by atoms with van der Waals surface area (Å²) in [5, 5.41) is 3.93. The van der Waals surface area contributed by atoms with E-state index >= 15 is 0 Å². The van der Waals surface area contributed by atoms with Crippen LogP contribution < -0.4 is 5.32 Å². The van der Waals surface area contributed by atoms with Crippen molar-refractivity contribution in [2.75, 3.05) is 19.6 Å². The van der Waals surface area contributed by atoms with Gasteiger partial charge in [-0.05, 0) is 96.2 Å². The maximum atomic E-state index is 3.93. The average molecular weight is 293 g/mol. The highest BCUT2D eigenvalue weighted by atomic mass is 15.2. The second-order valence-electron chi connectivity index (χ2n) is 8.53. The summed E-state index contributed by atoms with van der Waals surface area (Å²) < 4.78 is 0. The molecule has 1 heterocycles. The van der Waals surface area contributed by atoms with Gasteiger partial charge in [0.15, 0.2) is 0 Å². The Hall–Kier alpha value is -0.0800. The quantitative estimate of drug-likeness (QED) is 0.761. The molecule has 122 valence electrons. The van der Waals surface area contributed by atoms with Crippen LogP contribution in [0.5, 0.6) is 0 Å². The number of rotatable bonds is 7. The zero-order valence-electron chi connectivity index (χ0n) is 14.5. The molecule has 0 aromatic heterocycles. The van der Waals surface area contributed by atoms with Crippen LogP contribution in [0.4, 0.5) is 0 Å². The molecule has 0 radical (unpaired) electrons. The first kappa shape index (κ1) is 15.8. The fourth-order valence-electron chi connectivity index (χ4n) is 5.42. The molecule has 3 rings (SSSR count). The van der Waals surface area contributed by atoms with Gasteiger partial charge in [-0.2, -0.15) is 0 Å². The Morgan fingerprint density at radius 3 is 2.48 bits per heavy atom. The van der Waals surface area contributed by atoms with Crippen LogP contribution in [-0.4, -0.2) is 36.1 Å². The number of likely N-dealkylation sites (tertiary alicyclic amines) is 1. The van der Waals surface area contributed by atoms with E-state index in [9.17, 15) is 0 Å². The summed E-state index contributed by atoms with van der Waals surface area (Å²) in [4.78, 5) is 2.76. The van der Waals surface area contributed by atoms with E-state index in [1.807, 2.05) is 0 Å². The maximum absolute atomic E-state index is 3.93. The second-order valence-corrected chi connectivity index (χ2v) is 8.53. The third-order valence-electron chi connectivity index (χ3n) is 6.84. The lowest BCUT2D eigenvalue weighted by Crippen LogP contribution is -2.57. The van der Waals surface area contributed by atoms with E-state index in [2.05, 4.69) is 31.0 Å². The van der Waals surface area contributed by atoms with Crippen molar-refractivity contribution in [1.29, 1.82) is 0 Å². The number of nitrogens with one attached hydrogen (secondary N) is 1. The van der Waals surface area contributed by atoms with Gasteiger partial charge in [0.25, 0.3) is 0 Å². The summed E-state index contributed by atoms with van der Waals surface area (Å²) in [5.74, 6) is 3.16. The molecule has 0 aromatic carbocycles. The molecule has 4 unspecified atom stereocenters. The normalized spacial score (nSPS) is 34.7. The summed E-state index contributed by atoms with van der Waals surface area (Å²) in [6.45, 7) is 11.1. The lowest BCUT2D eigenvalue weighted by atomic mass is 9.79. The number of nitrogens with zero attached hydrogens (tertiary/aromatic N) is 1. The first-order valence-electron chi connectivity index (χ1n) is 9.59. The highest BCUT2D eigenvalue weighted by Gasteiger charge is 2.43. The number of hydrogen-bond acceptors (Lipinski definition) is 2. The Bertz CT molecular complexity index is 332. The van der Waals surface area contributed by atoms with Crippen molar-refractivity contribution in [3.05, 3.63) is 0 Å². The highest BCUT2D eigenvalue weighted by Crippen LogP contribution is 2.50. The first-order chi connectivity index (χ1) is 10.1. The van der Waals surface area contributed by atoms with Crippen molar-refractivity contribution in [1.82, 2.24) is 10.2 Å². The molecule has 0 amide bonds. The minimum absolute atomic E-state index is 0.327. The topological polar surface area (TPSA) is 15.3 Å². The Balaban J connectivity index is 1.64. The third kappa shape index (κ3) is 3.32. The molecule has 3 aliphatic rings. The fourth-order valence-corrected chi connectivity index (χ4v) is 5.42. The van der Waals surface area contributed by atoms with Crippen LogP contribution in [0.3, 0.4) is 0 Å². The molecule has 3 fully saturated rings. The van der Waals surface area contributed by atoms with Gasteiger partial charge in [0.05, 0.1) is 0 Å². The highest BCUT2D eigenvalue weighted by molar-refractivity contribution is 4.99. The summed E-state index contributed by atoms with van der Waals surface area (Å²) >= 11 is 0. The molecule has 1 N–H and O–H groups in total. The van der Waals surface area contributed by atoms with Gasteiger partial charge in [0.1, 0.15) is 0 Å². The van der Waals surface area contributed by atoms with Crippen LogP contribution in [0.1, 0.15) is 72.1 Å².